The van der Waals surface area contributed by atoms with Crippen molar-refractivity contribution in [2.24, 2.45) is 28.6 Å². The van der Waals surface area contributed by atoms with Crippen LogP contribution in [-0.4, -0.2) is 45.4 Å². The first-order chi connectivity index (χ1) is 11.9. The second-order valence-corrected chi connectivity index (χ2v) is 9.39. The number of hydrogen-bond acceptors (Lipinski definition) is 3. The van der Waals surface area contributed by atoms with Crippen LogP contribution in [-0.2, 0) is 6.42 Å². The number of aromatic nitrogens is 1. The Morgan fingerprint density at radius 1 is 1.23 bits per heavy atom. The van der Waals surface area contributed by atoms with Crippen molar-refractivity contribution in [1.29, 1.82) is 0 Å². The van der Waals surface area contributed by atoms with Crippen LogP contribution in [0.25, 0.3) is 6.08 Å². The van der Waals surface area contributed by atoms with Crippen LogP contribution >= 0.6 is 0 Å². The Bertz CT molecular complexity index is 807. The molecule has 0 amide bonds. The summed E-state index contributed by atoms with van der Waals surface area (Å²) in [5.74, 6) is 5.64. The predicted octanol–water partition coefficient (Wildman–Crippen LogP) is 3.57. The van der Waals surface area contributed by atoms with E-state index in [-0.39, 0.29) is 40.4 Å². The van der Waals surface area contributed by atoms with Gasteiger partial charge >= 0.3 is 29.6 Å². The van der Waals surface area contributed by atoms with Gasteiger partial charge < -0.3 is 9.63 Å². The molecule has 4 aliphatic carbocycles. The van der Waals surface area contributed by atoms with Gasteiger partial charge in [0.05, 0.1) is 6.20 Å². The van der Waals surface area contributed by atoms with Crippen molar-refractivity contribution in [1.82, 2.24) is 5.16 Å². The second kappa shape index (κ2) is 5.98. The van der Waals surface area contributed by atoms with Gasteiger partial charge in [0.25, 0.3) is 0 Å². The summed E-state index contributed by atoms with van der Waals surface area (Å²) >= 11 is 0. The Hall–Kier alpha value is -0.530. The van der Waals surface area contributed by atoms with Crippen LogP contribution in [0.4, 0.5) is 0 Å². The van der Waals surface area contributed by atoms with Crippen molar-refractivity contribution in [3.8, 4) is 12.3 Å². The summed E-state index contributed by atoms with van der Waals surface area (Å²) in [6.07, 6.45) is 17.4. The molecular formula is C22H28NNaO2. The molecule has 134 valence electrons. The average molecular weight is 361 g/mol. The van der Waals surface area contributed by atoms with Gasteiger partial charge in [-0.05, 0) is 74.2 Å². The molecule has 1 aromatic heterocycles. The zero-order valence-electron chi connectivity index (χ0n) is 15.2. The fourth-order valence-electron chi connectivity index (χ4n) is 7.14. The summed E-state index contributed by atoms with van der Waals surface area (Å²) in [4.78, 5) is 0. The van der Waals surface area contributed by atoms with E-state index in [2.05, 4.69) is 31.0 Å². The second-order valence-electron chi connectivity index (χ2n) is 9.39. The van der Waals surface area contributed by atoms with Crippen molar-refractivity contribution < 1.29 is 9.63 Å². The molecule has 3 nitrogen and oxygen atoms in total. The molecule has 6 atom stereocenters. The fourth-order valence-corrected chi connectivity index (χ4v) is 7.14. The molecule has 0 unspecified atom stereocenters. The van der Waals surface area contributed by atoms with Gasteiger partial charge in [0.15, 0.2) is 5.76 Å². The van der Waals surface area contributed by atoms with Gasteiger partial charge in [-0.15, -0.1) is 6.42 Å². The number of rotatable bonds is 0. The number of fused-ring (bicyclic) bond motifs is 6. The van der Waals surface area contributed by atoms with Gasteiger partial charge in [-0.3, -0.25) is 0 Å². The third-order valence-electron chi connectivity index (χ3n) is 8.67. The summed E-state index contributed by atoms with van der Waals surface area (Å²) in [6, 6.07) is 0. The van der Waals surface area contributed by atoms with Gasteiger partial charge in [-0.1, -0.05) is 30.5 Å². The van der Waals surface area contributed by atoms with Crippen LogP contribution in [0, 0.1) is 40.9 Å². The molecule has 1 aromatic rings. The normalized spacial score (nSPS) is 45.9. The number of allylic oxidation sites excluding steroid dienone is 1. The molecule has 0 aromatic carbocycles. The van der Waals surface area contributed by atoms with E-state index in [1.165, 1.54) is 12.0 Å². The number of aliphatic hydroxyl groups is 1. The molecular weight excluding hydrogens is 333 g/mol. The first-order valence-electron chi connectivity index (χ1n) is 9.76. The number of hydrogen-bond donors (Lipinski definition) is 1. The molecule has 26 heavy (non-hydrogen) atoms. The van der Waals surface area contributed by atoms with Crippen LogP contribution < -0.4 is 0 Å². The Kier molecular flexibility index (Phi) is 4.33. The standard InChI is InChI=1S/C22H27NO2.Na.H/c1-4-22(24)10-8-18-16-6-5-15-11-19-14(13-23-25-19)12-20(15,2)17(16)7-9-21(18,22)3;;/h1,11,13,16-18,24H,5-10,12H2,2-3H3;;/t16-,17+,18+,20+,21+,22+;;/m1../s1. The summed E-state index contributed by atoms with van der Waals surface area (Å²) in [5, 5.41) is 15.1. The Balaban J connectivity index is 0.00000168. The molecule has 1 heterocycles. The molecule has 1 N–H and O–H groups in total. The van der Waals surface area contributed by atoms with Crippen molar-refractivity contribution in [2.45, 2.75) is 64.4 Å². The van der Waals surface area contributed by atoms with Crippen molar-refractivity contribution >= 4 is 35.6 Å². The van der Waals surface area contributed by atoms with E-state index in [9.17, 15) is 5.11 Å². The van der Waals surface area contributed by atoms with E-state index in [0.717, 1.165) is 44.3 Å². The molecule has 4 heteroatoms. The van der Waals surface area contributed by atoms with Crippen molar-refractivity contribution in [3.63, 3.8) is 0 Å². The van der Waals surface area contributed by atoms with Crippen molar-refractivity contribution in [3.05, 3.63) is 23.1 Å². The summed E-state index contributed by atoms with van der Waals surface area (Å²) < 4.78 is 5.43. The first-order valence-corrected chi connectivity index (χ1v) is 9.76. The van der Waals surface area contributed by atoms with Gasteiger partial charge in [0, 0.05) is 11.0 Å². The molecule has 4 aliphatic rings. The van der Waals surface area contributed by atoms with E-state index in [1.807, 2.05) is 6.20 Å². The molecule has 0 saturated heterocycles. The van der Waals surface area contributed by atoms with E-state index in [4.69, 9.17) is 10.9 Å². The Morgan fingerprint density at radius 3 is 2.77 bits per heavy atom. The topological polar surface area (TPSA) is 46.3 Å². The van der Waals surface area contributed by atoms with Crippen LogP contribution in [0.1, 0.15) is 63.7 Å². The quantitative estimate of drug-likeness (QED) is 0.568. The van der Waals surface area contributed by atoms with Gasteiger partial charge in [-0.2, -0.15) is 0 Å². The molecule has 0 bridgehead atoms. The van der Waals surface area contributed by atoms with Gasteiger partial charge in [-0.25, -0.2) is 0 Å². The number of terminal acetylenes is 1. The van der Waals surface area contributed by atoms with Crippen LogP contribution in [0.2, 0.25) is 0 Å². The minimum absolute atomic E-state index is 0. The van der Waals surface area contributed by atoms with E-state index in [1.54, 1.807) is 5.57 Å². The third-order valence-corrected chi connectivity index (χ3v) is 8.67. The van der Waals surface area contributed by atoms with Gasteiger partial charge in [0.1, 0.15) is 5.60 Å². The molecule has 0 spiro atoms. The zero-order valence-corrected chi connectivity index (χ0v) is 15.2. The average Bonchev–Trinajstić information content (AvgIpc) is 3.14. The zero-order chi connectivity index (χ0) is 17.4. The minimum atomic E-state index is -0.909. The van der Waals surface area contributed by atoms with E-state index < -0.39 is 5.60 Å². The summed E-state index contributed by atoms with van der Waals surface area (Å²) in [5.41, 5.74) is 1.99. The van der Waals surface area contributed by atoms with Crippen LogP contribution in [0.5, 0.6) is 0 Å². The Labute approximate surface area is 178 Å². The van der Waals surface area contributed by atoms with Crippen molar-refractivity contribution in [2.75, 3.05) is 0 Å². The van der Waals surface area contributed by atoms with Crippen LogP contribution in [0.3, 0.4) is 0 Å². The Morgan fingerprint density at radius 2 is 2.00 bits per heavy atom. The molecule has 3 fully saturated rings. The monoisotopic (exact) mass is 361 g/mol. The first kappa shape index (κ1) is 18.8. The molecule has 0 radical (unpaired) electrons. The van der Waals surface area contributed by atoms with Crippen LogP contribution in [0.15, 0.2) is 16.3 Å². The SMILES string of the molecule is C#C[C@]1(O)CC[C@H]2[C@@H]3CCC4=Cc5oncc5C[C@]4(C)[C@H]3CC[C@@]21C.[NaH]. The summed E-state index contributed by atoms with van der Waals surface area (Å²) in [6.45, 7) is 4.71. The third kappa shape index (κ3) is 2.20. The number of nitrogens with zero attached hydrogens (tertiary/aromatic N) is 1. The predicted molar refractivity (Wildman–Crippen MR) is 104 cm³/mol. The fraction of sp³-hybridized carbons (Fsp3) is 0.682. The maximum atomic E-state index is 11.1. The molecule has 3 saturated carbocycles. The van der Waals surface area contributed by atoms with Gasteiger partial charge in [0.2, 0.25) is 0 Å². The van der Waals surface area contributed by atoms with E-state index >= 15 is 0 Å². The molecule has 5 rings (SSSR count). The molecule has 0 aliphatic heterocycles. The summed E-state index contributed by atoms with van der Waals surface area (Å²) in [7, 11) is 0. The maximum absolute atomic E-state index is 11.1. The van der Waals surface area contributed by atoms with E-state index in [0.29, 0.717) is 17.8 Å².